The van der Waals surface area contributed by atoms with Gasteiger partial charge in [0.05, 0.1) is 7.11 Å². The van der Waals surface area contributed by atoms with Crippen LogP contribution in [0, 0.1) is 10.5 Å². The molecule has 1 aliphatic heterocycles. The Morgan fingerprint density at radius 3 is 2.86 bits per heavy atom. The molecule has 0 saturated heterocycles. The van der Waals surface area contributed by atoms with Gasteiger partial charge in [0.1, 0.15) is 0 Å². The second-order valence-electron chi connectivity index (χ2n) is 4.85. The van der Waals surface area contributed by atoms with Crippen LogP contribution in [0.4, 0.5) is 5.69 Å². The van der Waals surface area contributed by atoms with Crippen LogP contribution < -0.4 is 19.5 Å². The highest BCUT2D eigenvalue weighted by atomic mass is 127. The number of anilines is 1. The highest BCUT2D eigenvalue weighted by Gasteiger charge is 2.19. The van der Waals surface area contributed by atoms with Crippen molar-refractivity contribution in [3.63, 3.8) is 0 Å². The molecular weight excluding hydrogens is 381 g/mol. The number of benzene rings is 2. The molecule has 0 atom stereocenters. The van der Waals surface area contributed by atoms with Crippen LogP contribution in [0.5, 0.6) is 17.2 Å². The molecule has 3 rings (SSSR count). The molecule has 0 aromatic heterocycles. The first kappa shape index (κ1) is 14.3. The molecule has 0 aliphatic carbocycles. The van der Waals surface area contributed by atoms with E-state index in [1.54, 1.807) is 7.11 Å². The average molecular weight is 397 g/mol. The Balaban J connectivity index is 1.77. The number of hydrogen-bond donors (Lipinski definition) is 1. The molecule has 1 N–H and O–H groups in total. The second-order valence-corrected chi connectivity index (χ2v) is 6.01. The number of nitrogens with one attached hydrogen (secondary N) is 1. The Kier molecular flexibility index (Phi) is 4.10. The quantitative estimate of drug-likeness (QED) is 0.794. The van der Waals surface area contributed by atoms with Gasteiger partial charge in [0.25, 0.3) is 0 Å². The van der Waals surface area contributed by atoms with E-state index < -0.39 is 0 Å². The van der Waals surface area contributed by atoms with Crippen molar-refractivity contribution in [2.45, 2.75) is 13.5 Å². The van der Waals surface area contributed by atoms with Crippen molar-refractivity contribution in [2.24, 2.45) is 0 Å². The second kappa shape index (κ2) is 6.01. The van der Waals surface area contributed by atoms with Crippen molar-refractivity contribution in [1.82, 2.24) is 0 Å². The lowest BCUT2D eigenvalue weighted by molar-refractivity contribution is 0.171. The summed E-state index contributed by atoms with van der Waals surface area (Å²) in [5.74, 6) is 2.14. The van der Waals surface area contributed by atoms with Crippen LogP contribution in [0.3, 0.4) is 0 Å². The standard InChI is InChI=1S/C16H16INO3/c1-10-3-4-12(7-13(10)17)18-8-11-5-14(19-2)16-15(6-11)20-9-21-16/h3-7,18H,8-9H2,1-2H3. The summed E-state index contributed by atoms with van der Waals surface area (Å²) in [5, 5.41) is 3.41. The topological polar surface area (TPSA) is 39.7 Å². The Morgan fingerprint density at radius 1 is 1.24 bits per heavy atom. The van der Waals surface area contributed by atoms with E-state index in [4.69, 9.17) is 14.2 Å². The van der Waals surface area contributed by atoms with Gasteiger partial charge >= 0.3 is 0 Å². The maximum Gasteiger partial charge on any atom is 0.231 e. The highest BCUT2D eigenvalue weighted by molar-refractivity contribution is 14.1. The van der Waals surface area contributed by atoms with Crippen LogP contribution in [-0.2, 0) is 6.54 Å². The van der Waals surface area contributed by atoms with Crippen molar-refractivity contribution in [3.8, 4) is 17.2 Å². The van der Waals surface area contributed by atoms with Gasteiger partial charge in [-0.1, -0.05) is 6.07 Å². The molecule has 0 fully saturated rings. The molecule has 0 radical (unpaired) electrons. The number of fused-ring (bicyclic) bond motifs is 1. The third-order valence-electron chi connectivity index (χ3n) is 3.39. The summed E-state index contributed by atoms with van der Waals surface area (Å²) in [7, 11) is 1.64. The van der Waals surface area contributed by atoms with Crippen LogP contribution in [0.25, 0.3) is 0 Å². The molecular formula is C16H16INO3. The maximum atomic E-state index is 5.44. The van der Waals surface area contributed by atoms with E-state index in [2.05, 4.69) is 53.0 Å². The largest absolute Gasteiger partial charge is 0.493 e. The van der Waals surface area contributed by atoms with Gasteiger partial charge in [-0.2, -0.15) is 0 Å². The lowest BCUT2D eigenvalue weighted by Crippen LogP contribution is -2.00. The first-order valence-corrected chi connectivity index (χ1v) is 7.72. The number of hydrogen-bond acceptors (Lipinski definition) is 4. The van der Waals surface area contributed by atoms with Crippen LogP contribution in [0.2, 0.25) is 0 Å². The third kappa shape index (κ3) is 3.02. The molecule has 1 heterocycles. The van der Waals surface area contributed by atoms with E-state index in [1.807, 2.05) is 12.1 Å². The van der Waals surface area contributed by atoms with E-state index in [0.717, 1.165) is 17.0 Å². The normalized spacial score (nSPS) is 12.3. The summed E-state index contributed by atoms with van der Waals surface area (Å²) in [6.07, 6.45) is 0. The zero-order chi connectivity index (χ0) is 14.8. The number of ether oxygens (including phenoxy) is 3. The number of methoxy groups -OCH3 is 1. The fraction of sp³-hybridized carbons (Fsp3) is 0.250. The van der Waals surface area contributed by atoms with Crippen LogP contribution in [-0.4, -0.2) is 13.9 Å². The molecule has 0 saturated carbocycles. The van der Waals surface area contributed by atoms with Gasteiger partial charge < -0.3 is 19.5 Å². The van der Waals surface area contributed by atoms with Crippen molar-refractivity contribution in [2.75, 3.05) is 19.2 Å². The first-order chi connectivity index (χ1) is 10.2. The summed E-state index contributed by atoms with van der Waals surface area (Å²) in [4.78, 5) is 0. The van der Waals surface area contributed by atoms with Crippen LogP contribution in [0.1, 0.15) is 11.1 Å². The number of halogens is 1. The van der Waals surface area contributed by atoms with Gasteiger partial charge in [0.15, 0.2) is 11.5 Å². The monoisotopic (exact) mass is 397 g/mol. The molecule has 1 aliphatic rings. The number of aryl methyl sites for hydroxylation is 1. The Bertz CT molecular complexity index is 673. The summed E-state index contributed by atoms with van der Waals surface area (Å²) in [5.41, 5.74) is 3.47. The summed E-state index contributed by atoms with van der Waals surface area (Å²) >= 11 is 2.34. The van der Waals surface area contributed by atoms with Gasteiger partial charge in [0, 0.05) is 15.8 Å². The molecule has 4 nitrogen and oxygen atoms in total. The lowest BCUT2D eigenvalue weighted by Gasteiger charge is -2.11. The van der Waals surface area contributed by atoms with E-state index in [1.165, 1.54) is 9.13 Å². The molecule has 21 heavy (non-hydrogen) atoms. The Morgan fingerprint density at radius 2 is 2.10 bits per heavy atom. The smallest absolute Gasteiger partial charge is 0.231 e. The SMILES string of the molecule is COc1cc(CNc2ccc(C)c(I)c2)cc2c1OCO2. The minimum atomic E-state index is 0.249. The van der Waals surface area contributed by atoms with Gasteiger partial charge in [-0.3, -0.25) is 0 Å². The molecule has 0 unspecified atom stereocenters. The average Bonchev–Trinajstić information content (AvgIpc) is 2.96. The fourth-order valence-electron chi connectivity index (χ4n) is 2.19. The van der Waals surface area contributed by atoms with Crippen molar-refractivity contribution >= 4 is 28.3 Å². The van der Waals surface area contributed by atoms with Gasteiger partial charge in [-0.25, -0.2) is 0 Å². The van der Waals surface area contributed by atoms with E-state index in [0.29, 0.717) is 18.0 Å². The highest BCUT2D eigenvalue weighted by Crippen LogP contribution is 2.41. The number of rotatable bonds is 4. The van der Waals surface area contributed by atoms with Crippen molar-refractivity contribution in [3.05, 3.63) is 45.0 Å². The van der Waals surface area contributed by atoms with Gasteiger partial charge in [0.2, 0.25) is 12.5 Å². The molecule has 0 bridgehead atoms. The van der Waals surface area contributed by atoms with Gasteiger partial charge in [-0.15, -0.1) is 0 Å². The van der Waals surface area contributed by atoms with Crippen molar-refractivity contribution < 1.29 is 14.2 Å². The Labute approximate surface area is 137 Å². The molecule has 2 aromatic carbocycles. The molecule has 0 amide bonds. The molecule has 0 spiro atoms. The zero-order valence-electron chi connectivity index (χ0n) is 11.9. The predicted octanol–water partition coefficient (Wildman–Crippen LogP) is 3.95. The van der Waals surface area contributed by atoms with E-state index in [-0.39, 0.29) is 6.79 Å². The molecule has 5 heteroatoms. The Hall–Kier alpha value is -1.63. The lowest BCUT2D eigenvalue weighted by atomic mass is 10.1. The maximum absolute atomic E-state index is 5.44. The summed E-state index contributed by atoms with van der Waals surface area (Å²) in [6, 6.07) is 10.3. The van der Waals surface area contributed by atoms with E-state index in [9.17, 15) is 0 Å². The molecule has 110 valence electrons. The van der Waals surface area contributed by atoms with Gasteiger partial charge in [-0.05, 0) is 64.9 Å². The zero-order valence-corrected chi connectivity index (χ0v) is 14.1. The van der Waals surface area contributed by atoms with Crippen molar-refractivity contribution in [1.29, 1.82) is 0 Å². The third-order valence-corrected chi connectivity index (χ3v) is 4.55. The minimum absolute atomic E-state index is 0.249. The van der Waals surface area contributed by atoms with E-state index >= 15 is 0 Å². The fourth-order valence-corrected chi connectivity index (χ4v) is 2.71. The van der Waals surface area contributed by atoms with Crippen LogP contribution >= 0.6 is 22.6 Å². The predicted molar refractivity (Wildman–Crippen MR) is 90.3 cm³/mol. The first-order valence-electron chi connectivity index (χ1n) is 6.64. The summed E-state index contributed by atoms with van der Waals surface area (Å²) < 4.78 is 17.4. The van der Waals surface area contributed by atoms with Crippen LogP contribution in [0.15, 0.2) is 30.3 Å². The summed E-state index contributed by atoms with van der Waals surface area (Å²) in [6.45, 7) is 3.05. The minimum Gasteiger partial charge on any atom is -0.493 e. The molecule has 2 aromatic rings.